The highest BCUT2D eigenvalue weighted by molar-refractivity contribution is 5.65. The van der Waals surface area contributed by atoms with Crippen LogP contribution in [0.1, 0.15) is 42.0 Å². The van der Waals surface area contributed by atoms with Crippen molar-refractivity contribution in [1.82, 2.24) is 0 Å². The van der Waals surface area contributed by atoms with Crippen LogP contribution in [0.5, 0.6) is 5.75 Å². The normalized spacial score (nSPS) is 12.0. The molecule has 3 aromatic carbocycles. The molecule has 3 rings (SSSR count). The summed E-state index contributed by atoms with van der Waals surface area (Å²) in [6.45, 7) is 2.20. The fraction of sp³-hybridized carbons (Fsp3) is 0.308. The Balaban J connectivity index is 1.65. The van der Waals surface area contributed by atoms with Gasteiger partial charge < -0.3 is 20.1 Å². The first-order chi connectivity index (χ1) is 14.6. The monoisotopic (exact) mass is 406 g/mol. The molecule has 158 valence electrons. The molecule has 0 amide bonds. The van der Waals surface area contributed by atoms with Gasteiger partial charge in [0.1, 0.15) is 12.4 Å². The highest BCUT2D eigenvalue weighted by Gasteiger charge is 2.06. The van der Waals surface area contributed by atoms with E-state index in [-0.39, 0.29) is 19.3 Å². The molecule has 0 saturated carbocycles. The molecule has 3 aromatic rings. The second-order valence-corrected chi connectivity index (χ2v) is 7.53. The molecule has 0 spiro atoms. The molecule has 0 aliphatic carbocycles. The molecule has 4 heteroatoms. The van der Waals surface area contributed by atoms with Crippen molar-refractivity contribution >= 4 is 0 Å². The van der Waals surface area contributed by atoms with Crippen molar-refractivity contribution in [3.05, 3.63) is 89.0 Å². The van der Waals surface area contributed by atoms with Crippen LogP contribution in [0.2, 0.25) is 0 Å². The van der Waals surface area contributed by atoms with E-state index < -0.39 is 0 Å². The summed E-state index contributed by atoms with van der Waals surface area (Å²) in [4.78, 5) is 0. The Kier molecular flexibility index (Phi) is 8.03. The zero-order valence-electron chi connectivity index (χ0n) is 17.4. The van der Waals surface area contributed by atoms with E-state index >= 15 is 0 Å². The zero-order chi connectivity index (χ0) is 21.3. The molecule has 3 N–H and O–H groups in total. The Labute approximate surface area is 178 Å². The molecule has 0 bridgehead atoms. The van der Waals surface area contributed by atoms with Gasteiger partial charge in [-0.05, 0) is 70.8 Å². The van der Waals surface area contributed by atoms with Crippen LogP contribution in [0.25, 0.3) is 11.1 Å². The maximum atomic E-state index is 9.73. The minimum Gasteiger partial charge on any atom is -0.489 e. The Morgan fingerprint density at radius 1 is 0.800 bits per heavy atom. The van der Waals surface area contributed by atoms with Gasteiger partial charge in [0.05, 0.1) is 19.3 Å². The first-order valence-corrected chi connectivity index (χ1v) is 10.5. The largest absolute Gasteiger partial charge is 0.489 e. The van der Waals surface area contributed by atoms with E-state index in [1.807, 2.05) is 43.3 Å². The number of hydrogen-bond donors (Lipinski definition) is 3. The van der Waals surface area contributed by atoms with Gasteiger partial charge >= 0.3 is 0 Å². The zero-order valence-corrected chi connectivity index (χ0v) is 17.4. The average molecular weight is 407 g/mol. The van der Waals surface area contributed by atoms with Crippen molar-refractivity contribution in [3.63, 3.8) is 0 Å². The minimum absolute atomic E-state index is 0.0863. The third kappa shape index (κ3) is 5.92. The average Bonchev–Trinajstić information content (AvgIpc) is 2.81. The van der Waals surface area contributed by atoms with E-state index in [1.165, 1.54) is 5.56 Å². The Bertz CT molecular complexity index is 934. The number of aliphatic hydroxyl groups is 3. The molecule has 0 aliphatic rings. The smallest absolute Gasteiger partial charge is 0.120 e. The molecule has 4 nitrogen and oxygen atoms in total. The predicted octanol–water partition coefficient (Wildman–Crippen LogP) is 4.62. The fourth-order valence-corrected chi connectivity index (χ4v) is 3.40. The van der Waals surface area contributed by atoms with Crippen LogP contribution in [0.3, 0.4) is 0 Å². The van der Waals surface area contributed by atoms with Gasteiger partial charge in [-0.25, -0.2) is 0 Å². The van der Waals surface area contributed by atoms with Gasteiger partial charge in [-0.3, -0.25) is 0 Å². The van der Waals surface area contributed by atoms with E-state index in [9.17, 15) is 15.3 Å². The second-order valence-electron chi connectivity index (χ2n) is 7.53. The summed E-state index contributed by atoms with van der Waals surface area (Å²) in [5.74, 6) is 0.777. The van der Waals surface area contributed by atoms with Crippen LogP contribution in [0.15, 0.2) is 66.7 Å². The lowest BCUT2D eigenvalue weighted by Gasteiger charge is -2.11. The molecule has 1 unspecified atom stereocenters. The molecule has 1 atom stereocenters. The van der Waals surface area contributed by atoms with E-state index in [4.69, 9.17) is 4.74 Å². The molecule has 0 heterocycles. The van der Waals surface area contributed by atoms with Crippen molar-refractivity contribution in [3.8, 4) is 16.9 Å². The molecule has 0 aromatic heterocycles. The lowest BCUT2D eigenvalue weighted by atomic mass is 10.0. The number of aryl methyl sites for hydroxylation is 1. The number of aliphatic hydroxyl groups excluding tert-OH is 3. The van der Waals surface area contributed by atoms with Crippen molar-refractivity contribution in [1.29, 1.82) is 0 Å². The second kappa shape index (κ2) is 10.9. The minimum atomic E-state index is -0.230. The Morgan fingerprint density at radius 3 is 2.23 bits per heavy atom. The first kappa shape index (κ1) is 22.0. The van der Waals surface area contributed by atoms with Crippen molar-refractivity contribution < 1.29 is 20.1 Å². The van der Waals surface area contributed by atoms with E-state index in [1.54, 1.807) is 0 Å². The molecule has 0 aliphatic heterocycles. The Morgan fingerprint density at radius 2 is 1.53 bits per heavy atom. The van der Waals surface area contributed by atoms with Crippen LogP contribution >= 0.6 is 0 Å². The molecule has 30 heavy (non-hydrogen) atoms. The third-order valence-electron chi connectivity index (χ3n) is 5.38. The summed E-state index contributed by atoms with van der Waals surface area (Å²) in [5, 5.41) is 28.5. The van der Waals surface area contributed by atoms with Crippen molar-refractivity contribution in [2.45, 2.75) is 52.1 Å². The summed E-state index contributed by atoms with van der Waals surface area (Å²) in [7, 11) is 0. The maximum Gasteiger partial charge on any atom is 0.120 e. The van der Waals surface area contributed by atoms with Crippen LogP contribution < -0.4 is 4.74 Å². The lowest BCUT2D eigenvalue weighted by molar-refractivity contribution is 0.160. The van der Waals surface area contributed by atoms with Crippen LogP contribution in [-0.2, 0) is 26.2 Å². The number of benzene rings is 3. The first-order valence-electron chi connectivity index (χ1n) is 10.5. The summed E-state index contributed by atoms with van der Waals surface area (Å²) in [5.41, 5.74) is 5.83. The quantitative estimate of drug-likeness (QED) is 0.459. The lowest BCUT2D eigenvalue weighted by Crippen LogP contribution is -2.05. The van der Waals surface area contributed by atoms with E-state index in [2.05, 4.69) is 30.3 Å². The van der Waals surface area contributed by atoms with Gasteiger partial charge in [0.25, 0.3) is 0 Å². The standard InChI is InChI=1S/C26H30O4/c1-2-25(29)13-9-19-6-10-21(11-7-19)22-4-3-5-26(15-22)30-18-20-8-12-23(16-27)24(14-20)17-28/h3-8,10-12,14-15,25,27-29H,2,9,13,16-18H2,1H3. The van der Waals surface area contributed by atoms with Crippen molar-refractivity contribution in [2.75, 3.05) is 0 Å². The number of rotatable bonds is 10. The summed E-state index contributed by atoms with van der Waals surface area (Å²) >= 11 is 0. The highest BCUT2D eigenvalue weighted by Crippen LogP contribution is 2.25. The van der Waals surface area contributed by atoms with E-state index in [0.29, 0.717) is 6.61 Å². The SMILES string of the molecule is CCC(O)CCc1ccc(-c2cccc(OCc3ccc(CO)c(CO)c3)c2)cc1. The van der Waals surface area contributed by atoms with Gasteiger partial charge in [0.15, 0.2) is 0 Å². The van der Waals surface area contributed by atoms with Gasteiger partial charge in [0, 0.05) is 0 Å². The van der Waals surface area contributed by atoms with Crippen molar-refractivity contribution in [2.24, 2.45) is 0 Å². The van der Waals surface area contributed by atoms with Crippen LogP contribution in [-0.4, -0.2) is 21.4 Å². The number of hydrogen-bond acceptors (Lipinski definition) is 4. The predicted molar refractivity (Wildman–Crippen MR) is 119 cm³/mol. The van der Waals surface area contributed by atoms with E-state index in [0.717, 1.165) is 52.8 Å². The molecule has 0 radical (unpaired) electrons. The summed E-state index contributed by atoms with van der Waals surface area (Å²) in [6, 6.07) is 22.0. The summed E-state index contributed by atoms with van der Waals surface area (Å²) in [6.07, 6.45) is 2.23. The Hall–Kier alpha value is -2.66. The molecular weight excluding hydrogens is 376 g/mol. The number of ether oxygens (including phenoxy) is 1. The molecular formula is C26H30O4. The highest BCUT2D eigenvalue weighted by atomic mass is 16.5. The molecule has 0 fully saturated rings. The van der Waals surface area contributed by atoms with Gasteiger partial charge in [0.2, 0.25) is 0 Å². The van der Waals surface area contributed by atoms with Gasteiger partial charge in [-0.15, -0.1) is 0 Å². The maximum absolute atomic E-state index is 9.73. The van der Waals surface area contributed by atoms with Crippen LogP contribution in [0.4, 0.5) is 0 Å². The summed E-state index contributed by atoms with van der Waals surface area (Å²) < 4.78 is 5.96. The fourth-order valence-electron chi connectivity index (χ4n) is 3.40. The third-order valence-corrected chi connectivity index (χ3v) is 5.38. The topological polar surface area (TPSA) is 69.9 Å². The van der Waals surface area contributed by atoms with Crippen LogP contribution in [0, 0.1) is 0 Å². The molecule has 0 saturated heterocycles. The van der Waals surface area contributed by atoms with Gasteiger partial charge in [-0.1, -0.05) is 55.5 Å². The van der Waals surface area contributed by atoms with Gasteiger partial charge in [-0.2, -0.15) is 0 Å².